The maximum atomic E-state index is 12.4. The Morgan fingerprint density at radius 2 is 1.43 bits per heavy atom. The van der Waals surface area contributed by atoms with Crippen LogP contribution in [0.1, 0.15) is 47.4 Å². The standard InChI is InChI=1S/C20H23N3O4S/c1-13(2)21-19(24)14-3-7-16(8-4-14)22-20(25)15-5-11-18(12-6-15)28(26,27)23-17-9-10-17/h3-8,11-13,17,23H,9-10H2,1-2H3,(H,21,24)(H,22,25). The first-order valence-electron chi connectivity index (χ1n) is 9.09. The van der Waals surface area contributed by atoms with Gasteiger partial charge in [-0.15, -0.1) is 0 Å². The minimum atomic E-state index is -3.54. The molecule has 0 atom stereocenters. The van der Waals surface area contributed by atoms with Gasteiger partial charge in [0.1, 0.15) is 0 Å². The van der Waals surface area contributed by atoms with Crippen molar-refractivity contribution >= 4 is 27.5 Å². The molecule has 2 amide bonds. The van der Waals surface area contributed by atoms with Crippen LogP contribution in [-0.4, -0.2) is 32.3 Å². The van der Waals surface area contributed by atoms with Crippen LogP contribution >= 0.6 is 0 Å². The highest BCUT2D eigenvalue weighted by Gasteiger charge is 2.27. The van der Waals surface area contributed by atoms with E-state index in [1.807, 2.05) is 13.8 Å². The van der Waals surface area contributed by atoms with Gasteiger partial charge < -0.3 is 10.6 Å². The topological polar surface area (TPSA) is 104 Å². The van der Waals surface area contributed by atoms with Crippen molar-refractivity contribution in [1.82, 2.24) is 10.0 Å². The molecule has 0 aromatic heterocycles. The molecule has 0 saturated heterocycles. The van der Waals surface area contributed by atoms with Crippen LogP contribution in [0.15, 0.2) is 53.4 Å². The molecule has 2 aromatic rings. The van der Waals surface area contributed by atoms with Crippen molar-refractivity contribution in [3.05, 3.63) is 59.7 Å². The van der Waals surface area contributed by atoms with Gasteiger partial charge in [-0.2, -0.15) is 0 Å². The van der Waals surface area contributed by atoms with Crippen molar-refractivity contribution in [3.8, 4) is 0 Å². The maximum Gasteiger partial charge on any atom is 0.255 e. The molecule has 1 aliphatic rings. The average molecular weight is 401 g/mol. The van der Waals surface area contributed by atoms with E-state index in [1.165, 1.54) is 24.3 Å². The molecule has 1 saturated carbocycles. The van der Waals surface area contributed by atoms with Crippen LogP contribution in [0.2, 0.25) is 0 Å². The molecule has 0 unspecified atom stereocenters. The van der Waals surface area contributed by atoms with Gasteiger partial charge in [-0.3, -0.25) is 9.59 Å². The highest BCUT2D eigenvalue weighted by Crippen LogP contribution is 2.22. The van der Waals surface area contributed by atoms with E-state index in [1.54, 1.807) is 24.3 Å². The highest BCUT2D eigenvalue weighted by atomic mass is 32.2. The largest absolute Gasteiger partial charge is 0.350 e. The lowest BCUT2D eigenvalue weighted by molar-refractivity contribution is 0.0942. The van der Waals surface area contributed by atoms with Gasteiger partial charge in [-0.05, 0) is 75.2 Å². The highest BCUT2D eigenvalue weighted by molar-refractivity contribution is 7.89. The number of hydrogen-bond donors (Lipinski definition) is 3. The minimum absolute atomic E-state index is 0.0265. The molecule has 8 heteroatoms. The van der Waals surface area contributed by atoms with E-state index < -0.39 is 10.0 Å². The molecule has 3 rings (SSSR count). The lowest BCUT2D eigenvalue weighted by atomic mass is 10.1. The van der Waals surface area contributed by atoms with Crippen LogP contribution < -0.4 is 15.4 Å². The fraction of sp³-hybridized carbons (Fsp3) is 0.300. The minimum Gasteiger partial charge on any atom is -0.350 e. The van der Waals surface area contributed by atoms with Gasteiger partial charge in [-0.1, -0.05) is 0 Å². The molecule has 1 fully saturated rings. The molecule has 0 aliphatic heterocycles. The summed E-state index contributed by atoms with van der Waals surface area (Å²) in [7, 11) is -3.54. The van der Waals surface area contributed by atoms with Gasteiger partial charge in [0.05, 0.1) is 4.90 Å². The van der Waals surface area contributed by atoms with Gasteiger partial charge in [0.15, 0.2) is 0 Å². The first-order chi connectivity index (χ1) is 13.2. The fourth-order valence-electron chi connectivity index (χ4n) is 2.53. The third kappa shape index (κ3) is 5.17. The Kier molecular flexibility index (Phi) is 5.81. The van der Waals surface area contributed by atoms with Crippen molar-refractivity contribution in [1.29, 1.82) is 0 Å². The van der Waals surface area contributed by atoms with Gasteiger partial charge >= 0.3 is 0 Å². The Labute approximate surface area is 164 Å². The SMILES string of the molecule is CC(C)NC(=O)c1ccc(NC(=O)c2ccc(S(=O)(=O)NC3CC3)cc2)cc1. The van der Waals surface area contributed by atoms with Crippen molar-refractivity contribution in [2.24, 2.45) is 0 Å². The summed E-state index contributed by atoms with van der Waals surface area (Å²) >= 11 is 0. The summed E-state index contributed by atoms with van der Waals surface area (Å²) in [6, 6.07) is 12.4. The Morgan fingerprint density at radius 3 is 1.96 bits per heavy atom. The zero-order chi connectivity index (χ0) is 20.3. The predicted molar refractivity (Wildman–Crippen MR) is 107 cm³/mol. The summed E-state index contributed by atoms with van der Waals surface area (Å²) in [5.41, 5.74) is 1.38. The van der Waals surface area contributed by atoms with E-state index in [4.69, 9.17) is 0 Å². The molecule has 28 heavy (non-hydrogen) atoms. The number of sulfonamides is 1. The number of carbonyl (C=O) groups is 2. The number of benzene rings is 2. The van der Waals surface area contributed by atoms with E-state index in [-0.39, 0.29) is 28.8 Å². The van der Waals surface area contributed by atoms with Crippen molar-refractivity contribution in [2.45, 2.75) is 43.7 Å². The van der Waals surface area contributed by atoms with Gasteiger partial charge in [0.25, 0.3) is 11.8 Å². The van der Waals surface area contributed by atoms with E-state index in [9.17, 15) is 18.0 Å². The van der Waals surface area contributed by atoms with E-state index in [2.05, 4.69) is 15.4 Å². The summed E-state index contributed by atoms with van der Waals surface area (Å²) in [6.45, 7) is 3.76. The van der Waals surface area contributed by atoms with Crippen LogP contribution in [0.25, 0.3) is 0 Å². The first-order valence-corrected chi connectivity index (χ1v) is 10.6. The zero-order valence-electron chi connectivity index (χ0n) is 15.7. The molecule has 0 radical (unpaired) electrons. The molecule has 1 aliphatic carbocycles. The molecule has 3 N–H and O–H groups in total. The molecule has 7 nitrogen and oxygen atoms in total. The smallest absolute Gasteiger partial charge is 0.255 e. The van der Waals surface area contributed by atoms with Crippen molar-refractivity contribution in [3.63, 3.8) is 0 Å². The third-order valence-electron chi connectivity index (χ3n) is 4.15. The fourth-order valence-corrected chi connectivity index (χ4v) is 3.83. The second kappa shape index (κ2) is 8.12. The number of amides is 2. The van der Waals surface area contributed by atoms with E-state index in [0.29, 0.717) is 16.8 Å². The van der Waals surface area contributed by atoms with Crippen LogP contribution in [0.3, 0.4) is 0 Å². The molecular formula is C20H23N3O4S. The number of hydrogen-bond acceptors (Lipinski definition) is 4. The third-order valence-corrected chi connectivity index (χ3v) is 5.69. The zero-order valence-corrected chi connectivity index (χ0v) is 16.5. The quantitative estimate of drug-likeness (QED) is 0.663. The molecule has 0 bridgehead atoms. The lowest BCUT2D eigenvalue weighted by Crippen LogP contribution is -2.30. The lowest BCUT2D eigenvalue weighted by Gasteiger charge is -2.10. The molecular weight excluding hydrogens is 378 g/mol. The summed E-state index contributed by atoms with van der Waals surface area (Å²) in [6.07, 6.45) is 1.72. The van der Waals surface area contributed by atoms with Gasteiger partial charge in [-0.25, -0.2) is 13.1 Å². The summed E-state index contributed by atoms with van der Waals surface area (Å²) < 4.78 is 26.9. The van der Waals surface area contributed by atoms with Crippen molar-refractivity contribution < 1.29 is 18.0 Å². The molecule has 0 spiro atoms. The maximum absolute atomic E-state index is 12.4. The Bertz CT molecular complexity index is 964. The Morgan fingerprint density at radius 1 is 0.893 bits per heavy atom. The Balaban J connectivity index is 1.63. The number of anilines is 1. The molecule has 148 valence electrons. The second-order valence-corrected chi connectivity index (χ2v) is 8.79. The number of rotatable bonds is 7. The Hall–Kier alpha value is -2.71. The second-order valence-electron chi connectivity index (χ2n) is 7.08. The van der Waals surface area contributed by atoms with E-state index >= 15 is 0 Å². The average Bonchev–Trinajstić information content (AvgIpc) is 3.45. The molecule has 2 aromatic carbocycles. The van der Waals surface area contributed by atoms with Crippen molar-refractivity contribution in [2.75, 3.05) is 5.32 Å². The number of carbonyl (C=O) groups excluding carboxylic acids is 2. The monoisotopic (exact) mass is 401 g/mol. The van der Waals surface area contributed by atoms with Gasteiger partial charge in [0.2, 0.25) is 10.0 Å². The first kappa shape index (κ1) is 20.0. The van der Waals surface area contributed by atoms with Gasteiger partial charge in [0, 0.05) is 28.9 Å². The normalized spacial score (nSPS) is 14.0. The van der Waals surface area contributed by atoms with Crippen LogP contribution in [0.5, 0.6) is 0 Å². The van der Waals surface area contributed by atoms with Crippen LogP contribution in [0, 0.1) is 0 Å². The molecule has 0 heterocycles. The van der Waals surface area contributed by atoms with Crippen LogP contribution in [-0.2, 0) is 10.0 Å². The van der Waals surface area contributed by atoms with E-state index in [0.717, 1.165) is 12.8 Å². The summed E-state index contributed by atoms with van der Waals surface area (Å²) in [4.78, 5) is 24.4. The summed E-state index contributed by atoms with van der Waals surface area (Å²) in [5.74, 6) is -0.539. The number of nitrogens with one attached hydrogen (secondary N) is 3. The summed E-state index contributed by atoms with van der Waals surface area (Å²) in [5, 5.41) is 5.53. The van der Waals surface area contributed by atoms with Crippen LogP contribution in [0.4, 0.5) is 5.69 Å². The predicted octanol–water partition coefficient (Wildman–Crippen LogP) is 2.52.